The molecular weight excluding hydrogens is 322 g/mol. The second-order valence-corrected chi connectivity index (χ2v) is 5.61. The van der Waals surface area contributed by atoms with Crippen LogP contribution in [0.15, 0.2) is 23.5 Å². The average molecular weight is 332 g/mol. The number of halogens is 1. The van der Waals surface area contributed by atoms with Crippen molar-refractivity contribution in [2.24, 2.45) is 0 Å². The van der Waals surface area contributed by atoms with Crippen LogP contribution in [0.4, 0.5) is 5.82 Å². The number of carbonyl (C=O) groups excluding carboxylic acids is 1. The molecule has 0 aliphatic heterocycles. The molecule has 2 heterocycles. The molecule has 0 atom stereocenters. The maximum atomic E-state index is 12.2. The number of anilines is 1. The third kappa shape index (κ3) is 3.47. The first-order valence-electron chi connectivity index (χ1n) is 5.66. The Kier molecular flexibility index (Phi) is 4.38. The summed E-state index contributed by atoms with van der Waals surface area (Å²) in [4.78, 5) is 19.0. The number of esters is 1. The number of carbonyl (C=O) groups is 1. The number of nitrogens with zero attached hydrogens (tertiary/aromatic N) is 3. The van der Waals surface area contributed by atoms with Crippen LogP contribution in [0.2, 0.25) is 5.28 Å². The SMILES string of the molecule is CCOC(=O)c1cn[nH]c1S(=O)(=O)Nc1ccnc(Cl)n1. The van der Waals surface area contributed by atoms with E-state index in [9.17, 15) is 13.2 Å². The van der Waals surface area contributed by atoms with E-state index < -0.39 is 21.0 Å². The molecule has 0 bridgehead atoms. The van der Waals surface area contributed by atoms with Crippen molar-refractivity contribution in [2.45, 2.75) is 11.9 Å². The third-order valence-corrected chi connectivity index (χ3v) is 3.74. The molecule has 21 heavy (non-hydrogen) atoms. The minimum atomic E-state index is -4.10. The minimum Gasteiger partial charge on any atom is -0.462 e. The Hall–Kier alpha value is -2.20. The number of H-pyrrole nitrogens is 1. The van der Waals surface area contributed by atoms with Gasteiger partial charge in [-0.2, -0.15) is 18.5 Å². The van der Waals surface area contributed by atoms with Crippen molar-refractivity contribution in [2.75, 3.05) is 11.3 Å². The molecule has 0 unspecified atom stereocenters. The Labute approximate surface area is 124 Å². The quantitative estimate of drug-likeness (QED) is 0.613. The summed E-state index contributed by atoms with van der Waals surface area (Å²) in [5.41, 5.74) is -0.204. The molecule has 11 heteroatoms. The van der Waals surface area contributed by atoms with Crippen LogP contribution in [0.5, 0.6) is 0 Å². The van der Waals surface area contributed by atoms with Gasteiger partial charge >= 0.3 is 5.97 Å². The van der Waals surface area contributed by atoms with Gasteiger partial charge in [-0.05, 0) is 24.6 Å². The van der Waals surface area contributed by atoms with E-state index in [1.807, 2.05) is 0 Å². The number of hydrogen-bond acceptors (Lipinski definition) is 7. The van der Waals surface area contributed by atoms with Gasteiger partial charge in [-0.3, -0.25) is 9.82 Å². The number of nitrogens with one attached hydrogen (secondary N) is 2. The van der Waals surface area contributed by atoms with E-state index in [1.54, 1.807) is 6.92 Å². The summed E-state index contributed by atoms with van der Waals surface area (Å²) in [7, 11) is -4.10. The Morgan fingerprint density at radius 3 is 2.95 bits per heavy atom. The van der Waals surface area contributed by atoms with E-state index in [2.05, 4.69) is 24.9 Å². The van der Waals surface area contributed by atoms with Crippen molar-refractivity contribution in [1.82, 2.24) is 20.2 Å². The second-order valence-electron chi connectivity index (χ2n) is 3.65. The first-order chi connectivity index (χ1) is 9.94. The molecule has 2 rings (SSSR count). The second kappa shape index (κ2) is 6.06. The van der Waals surface area contributed by atoms with Gasteiger partial charge < -0.3 is 4.74 Å². The molecule has 112 valence electrons. The highest BCUT2D eigenvalue weighted by Crippen LogP contribution is 2.17. The Bertz CT molecular complexity index is 760. The zero-order valence-corrected chi connectivity index (χ0v) is 12.3. The predicted octanol–water partition coefficient (Wildman–Crippen LogP) is 0.831. The van der Waals surface area contributed by atoms with Crippen molar-refractivity contribution in [3.05, 3.63) is 29.3 Å². The van der Waals surface area contributed by atoms with Gasteiger partial charge in [-0.25, -0.2) is 9.78 Å². The lowest BCUT2D eigenvalue weighted by molar-refractivity contribution is 0.0522. The normalized spacial score (nSPS) is 11.1. The van der Waals surface area contributed by atoms with Crippen LogP contribution in [-0.2, 0) is 14.8 Å². The van der Waals surface area contributed by atoms with E-state index in [-0.39, 0.29) is 23.3 Å². The summed E-state index contributed by atoms with van der Waals surface area (Å²) >= 11 is 5.57. The summed E-state index contributed by atoms with van der Waals surface area (Å²) in [6.07, 6.45) is 2.35. The van der Waals surface area contributed by atoms with Gasteiger partial charge in [0.15, 0.2) is 5.03 Å². The van der Waals surface area contributed by atoms with Crippen molar-refractivity contribution in [3.63, 3.8) is 0 Å². The zero-order valence-electron chi connectivity index (χ0n) is 10.7. The summed E-state index contributed by atoms with van der Waals surface area (Å²) < 4.78 is 31.3. The van der Waals surface area contributed by atoms with Crippen LogP contribution in [0.1, 0.15) is 17.3 Å². The number of ether oxygens (including phenoxy) is 1. The number of aromatic nitrogens is 4. The maximum Gasteiger partial charge on any atom is 0.342 e. The summed E-state index contributed by atoms with van der Waals surface area (Å²) in [6.45, 7) is 1.71. The minimum absolute atomic E-state index is 0.0422. The van der Waals surface area contributed by atoms with Gasteiger partial charge in [0.1, 0.15) is 11.4 Å². The summed E-state index contributed by atoms with van der Waals surface area (Å²) in [5, 5.41) is 5.25. The van der Waals surface area contributed by atoms with E-state index in [4.69, 9.17) is 16.3 Å². The molecule has 0 amide bonds. The van der Waals surface area contributed by atoms with E-state index in [1.165, 1.54) is 12.3 Å². The van der Waals surface area contributed by atoms with Gasteiger partial charge in [-0.15, -0.1) is 0 Å². The van der Waals surface area contributed by atoms with Crippen LogP contribution in [0.3, 0.4) is 0 Å². The molecule has 2 aromatic rings. The monoisotopic (exact) mass is 331 g/mol. The lowest BCUT2D eigenvalue weighted by atomic mass is 10.4. The van der Waals surface area contributed by atoms with Crippen LogP contribution < -0.4 is 4.72 Å². The molecule has 0 saturated carbocycles. The van der Waals surface area contributed by atoms with Gasteiger partial charge in [0.25, 0.3) is 10.0 Å². The molecule has 0 aliphatic rings. The molecule has 9 nitrogen and oxygen atoms in total. The highest BCUT2D eigenvalue weighted by atomic mass is 35.5. The van der Waals surface area contributed by atoms with Gasteiger partial charge in [0.2, 0.25) is 5.28 Å². The molecular formula is C10H10ClN5O4S. The van der Waals surface area contributed by atoms with E-state index in [0.717, 1.165) is 6.20 Å². The highest BCUT2D eigenvalue weighted by molar-refractivity contribution is 7.92. The molecule has 0 aliphatic carbocycles. The van der Waals surface area contributed by atoms with Crippen molar-refractivity contribution >= 4 is 33.4 Å². The molecule has 0 saturated heterocycles. The molecule has 2 aromatic heterocycles. The molecule has 0 fully saturated rings. The van der Waals surface area contributed by atoms with Gasteiger partial charge in [0.05, 0.1) is 12.8 Å². The fourth-order valence-electron chi connectivity index (χ4n) is 1.41. The largest absolute Gasteiger partial charge is 0.462 e. The predicted molar refractivity (Wildman–Crippen MR) is 72.4 cm³/mol. The molecule has 0 aromatic carbocycles. The average Bonchev–Trinajstić information content (AvgIpc) is 2.88. The Morgan fingerprint density at radius 1 is 1.52 bits per heavy atom. The van der Waals surface area contributed by atoms with Crippen molar-refractivity contribution in [1.29, 1.82) is 0 Å². The zero-order chi connectivity index (χ0) is 15.5. The Morgan fingerprint density at radius 2 is 2.29 bits per heavy atom. The first kappa shape index (κ1) is 15.2. The fourth-order valence-corrected chi connectivity index (χ4v) is 2.65. The summed E-state index contributed by atoms with van der Waals surface area (Å²) in [5.74, 6) is -0.841. The molecule has 0 spiro atoms. The van der Waals surface area contributed by atoms with Crippen LogP contribution in [0.25, 0.3) is 0 Å². The number of hydrogen-bond donors (Lipinski definition) is 2. The van der Waals surface area contributed by atoms with Gasteiger partial charge in [-0.1, -0.05) is 0 Å². The molecule has 0 radical (unpaired) electrons. The fraction of sp³-hybridized carbons (Fsp3) is 0.200. The maximum absolute atomic E-state index is 12.2. The molecule has 2 N–H and O–H groups in total. The van der Waals surface area contributed by atoms with Crippen molar-refractivity contribution in [3.8, 4) is 0 Å². The van der Waals surface area contributed by atoms with Crippen molar-refractivity contribution < 1.29 is 17.9 Å². The van der Waals surface area contributed by atoms with E-state index in [0.29, 0.717) is 0 Å². The Balaban J connectivity index is 2.32. The van der Waals surface area contributed by atoms with Crippen LogP contribution in [-0.4, -0.2) is 41.2 Å². The summed E-state index contributed by atoms with van der Waals surface area (Å²) in [6, 6.07) is 1.31. The number of rotatable bonds is 5. The third-order valence-electron chi connectivity index (χ3n) is 2.23. The lowest BCUT2D eigenvalue weighted by Gasteiger charge is -2.07. The number of aromatic amines is 1. The standard InChI is InChI=1S/C10H10ClN5O4S/c1-2-20-9(17)6-5-13-15-8(6)21(18,19)16-7-3-4-12-10(11)14-7/h3-5H,2H2,1H3,(H,13,15)(H,12,14,16). The smallest absolute Gasteiger partial charge is 0.342 e. The topological polar surface area (TPSA) is 127 Å². The lowest BCUT2D eigenvalue weighted by Crippen LogP contribution is -2.18. The van der Waals surface area contributed by atoms with Crippen LogP contribution in [0, 0.1) is 0 Å². The highest BCUT2D eigenvalue weighted by Gasteiger charge is 2.26. The number of sulfonamides is 1. The van der Waals surface area contributed by atoms with E-state index >= 15 is 0 Å². The van der Waals surface area contributed by atoms with Gasteiger partial charge in [0, 0.05) is 6.20 Å². The first-order valence-corrected chi connectivity index (χ1v) is 7.52. The van der Waals surface area contributed by atoms with Crippen LogP contribution >= 0.6 is 11.6 Å².